The summed E-state index contributed by atoms with van der Waals surface area (Å²) in [4.78, 5) is 12.2. The van der Waals surface area contributed by atoms with Gasteiger partial charge in [0.1, 0.15) is 0 Å². The maximum atomic E-state index is 14.2. The first-order valence-corrected chi connectivity index (χ1v) is 7.75. The third kappa shape index (κ3) is 2.43. The largest absolute Gasteiger partial charge is 0.375 e. The Bertz CT molecular complexity index is 998. The van der Waals surface area contributed by atoms with Gasteiger partial charge in [0, 0.05) is 35.3 Å². The molecule has 0 aliphatic rings. The summed E-state index contributed by atoms with van der Waals surface area (Å²) >= 11 is 1.34. The Labute approximate surface area is 135 Å². The van der Waals surface area contributed by atoms with Gasteiger partial charge in [-0.3, -0.25) is 4.98 Å². The van der Waals surface area contributed by atoms with Gasteiger partial charge < -0.3 is 5.73 Å². The Kier molecular flexibility index (Phi) is 3.24. The summed E-state index contributed by atoms with van der Waals surface area (Å²) in [5.74, 6) is -0.510. The smallest absolute Gasteiger partial charge is 0.220 e. The Balaban J connectivity index is 2.04. The van der Waals surface area contributed by atoms with E-state index in [4.69, 9.17) is 5.73 Å². The highest BCUT2D eigenvalue weighted by atomic mass is 32.1. The van der Waals surface area contributed by atoms with Crippen LogP contribution in [0.25, 0.3) is 32.5 Å². The van der Waals surface area contributed by atoms with Crippen LogP contribution in [0, 0.1) is 5.95 Å². The fourth-order valence-corrected chi connectivity index (χ4v) is 3.38. The first-order chi connectivity index (χ1) is 11.2. The van der Waals surface area contributed by atoms with Gasteiger partial charge in [-0.1, -0.05) is 17.4 Å². The first kappa shape index (κ1) is 13.8. The molecule has 1 aromatic carbocycles. The highest BCUT2D eigenvalue weighted by molar-refractivity contribution is 7.22. The zero-order valence-electron chi connectivity index (χ0n) is 11.9. The van der Waals surface area contributed by atoms with Gasteiger partial charge in [-0.15, -0.1) is 0 Å². The number of thiazole rings is 1. The fourth-order valence-electron chi connectivity index (χ4n) is 2.54. The lowest BCUT2D eigenvalue weighted by Gasteiger charge is -2.08. The molecule has 112 valence electrons. The number of pyridine rings is 2. The molecule has 23 heavy (non-hydrogen) atoms. The Morgan fingerprint density at radius 2 is 1.87 bits per heavy atom. The molecule has 3 heterocycles. The van der Waals surface area contributed by atoms with Gasteiger partial charge in [-0.25, -0.2) is 9.97 Å². The standard InChI is InChI=1S/C17H11FN4S/c18-16-12(4-2-6-21-16)13-7-11(10-3-1-5-20-9-10)8-14-15(13)23-17(19)22-14/h1-9H,(H2,19,22). The topological polar surface area (TPSA) is 64.7 Å². The highest BCUT2D eigenvalue weighted by Gasteiger charge is 2.15. The van der Waals surface area contributed by atoms with Crippen LogP contribution in [-0.2, 0) is 0 Å². The van der Waals surface area contributed by atoms with E-state index in [-0.39, 0.29) is 0 Å². The van der Waals surface area contributed by atoms with Crippen LogP contribution in [0.2, 0.25) is 0 Å². The predicted molar refractivity (Wildman–Crippen MR) is 90.5 cm³/mol. The number of hydrogen-bond acceptors (Lipinski definition) is 5. The molecule has 6 heteroatoms. The van der Waals surface area contributed by atoms with E-state index < -0.39 is 5.95 Å². The summed E-state index contributed by atoms with van der Waals surface area (Å²) in [5, 5.41) is 0.453. The van der Waals surface area contributed by atoms with Crippen molar-refractivity contribution in [1.29, 1.82) is 0 Å². The molecule has 0 aliphatic carbocycles. The number of nitrogens with two attached hydrogens (primary N) is 1. The van der Waals surface area contributed by atoms with E-state index in [1.165, 1.54) is 17.5 Å². The number of hydrogen-bond donors (Lipinski definition) is 1. The van der Waals surface area contributed by atoms with Crippen molar-refractivity contribution in [3.63, 3.8) is 0 Å². The number of aromatic nitrogens is 3. The molecule has 2 N–H and O–H groups in total. The van der Waals surface area contributed by atoms with Gasteiger partial charge in [-0.2, -0.15) is 4.39 Å². The van der Waals surface area contributed by atoms with Crippen LogP contribution in [-0.4, -0.2) is 15.0 Å². The van der Waals surface area contributed by atoms with Crippen LogP contribution in [0.1, 0.15) is 0 Å². The van der Waals surface area contributed by atoms with E-state index in [9.17, 15) is 4.39 Å². The number of nitrogens with zero attached hydrogens (tertiary/aromatic N) is 3. The predicted octanol–water partition coefficient (Wildman–Crippen LogP) is 4.14. The summed E-state index contributed by atoms with van der Waals surface area (Å²) in [6.45, 7) is 0. The minimum Gasteiger partial charge on any atom is -0.375 e. The molecule has 0 spiro atoms. The number of halogens is 1. The second-order valence-corrected chi connectivity index (χ2v) is 6.04. The molecule has 0 amide bonds. The number of fused-ring (bicyclic) bond motifs is 1. The van der Waals surface area contributed by atoms with Crippen LogP contribution in [0.5, 0.6) is 0 Å². The monoisotopic (exact) mass is 322 g/mol. The molecule has 0 fully saturated rings. The molecule has 4 aromatic rings. The van der Waals surface area contributed by atoms with Gasteiger partial charge in [0.15, 0.2) is 5.13 Å². The van der Waals surface area contributed by atoms with E-state index in [0.717, 1.165) is 26.9 Å². The van der Waals surface area contributed by atoms with Crippen LogP contribution in [0.15, 0.2) is 55.0 Å². The van der Waals surface area contributed by atoms with Gasteiger partial charge in [0.25, 0.3) is 0 Å². The van der Waals surface area contributed by atoms with Crippen molar-refractivity contribution in [3.8, 4) is 22.3 Å². The van der Waals surface area contributed by atoms with Crippen molar-refractivity contribution < 1.29 is 4.39 Å². The quantitative estimate of drug-likeness (QED) is 0.563. The Morgan fingerprint density at radius 1 is 1.00 bits per heavy atom. The minimum absolute atomic E-state index is 0.437. The number of benzene rings is 1. The zero-order valence-corrected chi connectivity index (χ0v) is 12.7. The molecular formula is C17H11FN4S. The minimum atomic E-state index is -0.510. The van der Waals surface area contributed by atoms with Crippen molar-refractivity contribution in [2.24, 2.45) is 0 Å². The molecule has 0 atom stereocenters. The SMILES string of the molecule is Nc1nc2cc(-c3cccnc3)cc(-c3cccnc3F)c2s1. The maximum absolute atomic E-state index is 14.2. The lowest BCUT2D eigenvalue weighted by Crippen LogP contribution is -1.89. The highest BCUT2D eigenvalue weighted by Crippen LogP contribution is 2.38. The number of nitrogen functional groups attached to an aromatic ring is 1. The van der Waals surface area contributed by atoms with Crippen molar-refractivity contribution in [1.82, 2.24) is 15.0 Å². The summed E-state index contributed by atoms with van der Waals surface area (Å²) < 4.78 is 15.0. The Morgan fingerprint density at radius 3 is 2.65 bits per heavy atom. The van der Waals surface area contributed by atoms with Crippen LogP contribution >= 0.6 is 11.3 Å². The molecule has 0 saturated heterocycles. The summed E-state index contributed by atoms with van der Waals surface area (Å²) in [7, 11) is 0. The second kappa shape index (κ2) is 5.40. The van der Waals surface area contributed by atoms with E-state index in [0.29, 0.717) is 10.7 Å². The molecule has 4 rings (SSSR count). The third-order valence-corrected chi connectivity index (χ3v) is 4.48. The maximum Gasteiger partial charge on any atom is 0.220 e. The van der Waals surface area contributed by atoms with Crippen LogP contribution < -0.4 is 5.73 Å². The van der Waals surface area contributed by atoms with Gasteiger partial charge in [0.2, 0.25) is 5.95 Å². The van der Waals surface area contributed by atoms with Crippen LogP contribution in [0.3, 0.4) is 0 Å². The normalized spacial score (nSPS) is 11.0. The average molecular weight is 322 g/mol. The lowest BCUT2D eigenvalue weighted by atomic mass is 10.00. The van der Waals surface area contributed by atoms with Crippen molar-refractivity contribution >= 4 is 26.7 Å². The molecule has 0 saturated carbocycles. The Hall–Kier alpha value is -2.86. The summed E-state index contributed by atoms with van der Waals surface area (Å²) in [6, 6.07) is 11.1. The van der Waals surface area contributed by atoms with Crippen molar-refractivity contribution in [2.45, 2.75) is 0 Å². The molecule has 0 aliphatic heterocycles. The number of anilines is 1. The molecule has 3 aromatic heterocycles. The van der Waals surface area contributed by atoms with Gasteiger partial charge in [-0.05, 0) is 35.9 Å². The first-order valence-electron chi connectivity index (χ1n) is 6.94. The summed E-state index contributed by atoms with van der Waals surface area (Å²) in [5.41, 5.74) is 9.61. The van der Waals surface area contributed by atoms with E-state index in [1.807, 2.05) is 24.3 Å². The zero-order chi connectivity index (χ0) is 15.8. The average Bonchev–Trinajstić information content (AvgIpc) is 2.95. The molecule has 4 nitrogen and oxygen atoms in total. The fraction of sp³-hybridized carbons (Fsp3) is 0. The van der Waals surface area contributed by atoms with Crippen LogP contribution in [0.4, 0.5) is 9.52 Å². The molecular weight excluding hydrogens is 311 g/mol. The molecule has 0 radical (unpaired) electrons. The van der Waals surface area contributed by atoms with Gasteiger partial charge in [0.05, 0.1) is 10.2 Å². The molecule has 0 unspecified atom stereocenters. The third-order valence-electron chi connectivity index (χ3n) is 3.55. The second-order valence-electron chi connectivity index (χ2n) is 5.01. The summed E-state index contributed by atoms with van der Waals surface area (Å²) in [6.07, 6.45) is 4.91. The van der Waals surface area contributed by atoms with E-state index in [1.54, 1.807) is 24.5 Å². The lowest BCUT2D eigenvalue weighted by molar-refractivity contribution is 0.588. The number of rotatable bonds is 2. The van der Waals surface area contributed by atoms with Gasteiger partial charge >= 0.3 is 0 Å². The molecule has 0 bridgehead atoms. The van der Waals surface area contributed by atoms with E-state index in [2.05, 4.69) is 15.0 Å². The van der Waals surface area contributed by atoms with E-state index >= 15 is 0 Å². The van der Waals surface area contributed by atoms with Crippen molar-refractivity contribution in [2.75, 3.05) is 5.73 Å². The van der Waals surface area contributed by atoms with Crippen molar-refractivity contribution in [3.05, 3.63) is 60.9 Å².